The summed E-state index contributed by atoms with van der Waals surface area (Å²) in [7, 11) is -1.78. The van der Waals surface area contributed by atoms with Crippen molar-refractivity contribution < 1.29 is 12.8 Å². The molecule has 0 amide bonds. The summed E-state index contributed by atoms with van der Waals surface area (Å²) in [4.78, 5) is 0.149. The quantitative estimate of drug-likeness (QED) is 0.773. The number of nitrogens with zero attached hydrogens (tertiary/aromatic N) is 1. The lowest BCUT2D eigenvalue weighted by Crippen LogP contribution is -2.30. The summed E-state index contributed by atoms with van der Waals surface area (Å²) in [5.41, 5.74) is 0. The molecule has 0 spiro atoms. The van der Waals surface area contributed by atoms with E-state index in [-0.39, 0.29) is 16.1 Å². The van der Waals surface area contributed by atoms with Crippen LogP contribution < -0.4 is 5.32 Å². The van der Waals surface area contributed by atoms with Gasteiger partial charge in [0.1, 0.15) is 10.7 Å². The van der Waals surface area contributed by atoms with Crippen molar-refractivity contribution in [2.24, 2.45) is 0 Å². The van der Waals surface area contributed by atoms with Crippen LogP contribution in [0.1, 0.15) is 12.7 Å². The number of rotatable bonds is 7. The van der Waals surface area contributed by atoms with Gasteiger partial charge in [-0.15, -0.1) is 6.58 Å². The topological polar surface area (TPSA) is 62.6 Å². The van der Waals surface area contributed by atoms with Gasteiger partial charge >= 0.3 is 0 Å². The van der Waals surface area contributed by atoms with E-state index in [1.54, 1.807) is 20.0 Å². The molecule has 0 unspecified atom stereocenters. The maximum absolute atomic E-state index is 12.4. The van der Waals surface area contributed by atoms with Crippen LogP contribution in [0.5, 0.6) is 0 Å². The second-order valence-corrected chi connectivity index (χ2v) is 6.25. The van der Waals surface area contributed by atoms with Gasteiger partial charge in [0.25, 0.3) is 0 Å². The van der Waals surface area contributed by atoms with E-state index in [2.05, 4.69) is 27.8 Å². The maximum atomic E-state index is 12.4. The molecule has 1 rings (SSSR count). The molecular weight excluding hydrogens is 320 g/mol. The summed E-state index contributed by atoms with van der Waals surface area (Å²) >= 11 is 3.15. The number of sulfonamides is 1. The number of halogens is 1. The van der Waals surface area contributed by atoms with Gasteiger partial charge in [0.15, 0.2) is 4.67 Å². The van der Waals surface area contributed by atoms with Gasteiger partial charge in [0.05, 0.1) is 6.54 Å². The normalized spacial score (nSPS) is 12.0. The maximum Gasteiger partial charge on any atom is 0.247 e. The minimum absolute atomic E-state index is 0.149. The van der Waals surface area contributed by atoms with Crippen LogP contribution in [0.25, 0.3) is 0 Å². The lowest BCUT2D eigenvalue weighted by Gasteiger charge is -2.17. The highest BCUT2D eigenvalue weighted by Gasteiger charge is 2.27. The zero-order valence-corrected chi connectivity index (χ0v) is 12.8. The third-order valence-electron chi connectivity index (χ3n) is 2.36. The Balaban J connectivity index is 3.14. The van der Waals surface area contributed by atoms with Gasteiger partial charge in [-0.3, -0.25) is 0 Å². The van der Waals surface area contributed by atoms with Gasteiger partial charge in [0, 0.05) is 19.2 Å². The van der Waals surface area contributed by atoms with E-state index >= 15 is 0 Å². The van der Waals surface area contributed by atoms with Crippen molar-refractivity contribution in [3.8, 4) is 0 Å². The summed E-state index contributed by atoms with van der Waals surface area (Å²) in [6, 6.07) is 1.53. The number of nitrogens with one attached hydrogen (secondary N) is 1. The molecule has 0 radical (unpaired) electrons. The van der Waals surface area contributed by atoms with Gasteiger partial charge in [0.2, 0.25) is 10.0 Å². The Kier molecular flexibility index (Phi) is 5.58. The first-order valence-electron chi connectivity index (χ1n) is 5.51. The molecule has 0 aliphatic rings. The zero-order chi connectivity index (χ0) is 13.8. The predicted octanol–water partition coefficient (Wildman–Crippen LogP) is 1.96. The second kappa shape index (κ2) is 6.51. The van der Waals surface area contributed by atoms with Gasteiger partial charge in [-0.2, -0.15) is 4.31 Å². The van der Waals surface area contributed by atoms with Gasteiger partial charge in [-0.05, 0) is 23.0 Å². The van der Waals surface area contributed by atoms with Gasteiger partial charge < -0.3 is 9.73 Å². The molecule has 0 saturated carbocycles. The van der Waals surface area contributed by atoms with E-state index in [0.29, 0.717) is 18.8 Å². The highest BCUT2D eigenvalue weighted by atomic mass is 79.9. The molecule has 0 aliphatic carbocycles. The first-order valence-corrected chi connectivity index (χ1v) is 7.74. The van der Waals surface area contributed by atoms with Crippen LogP contribution in [-0.2, 0) is 16.6 Å². The van der Waals surface area contributed by atoms with Crippen molar-refractivity contribution in [1.82, 2.24) is 9.62 Å². The minimum Gasteiger partial charge on any atom is -0.452 e. The first kappa shape index (κ1) is 15.4. The van der Waals surface area contributed by atoms with Crippen molar-refractivity contribution >= 4 is 26.0 Å². The molecule has 0 saturated heterocycles. The predicted molar refractivity (Wildman–Crippen MR) is 73.8 cm³/mol. The molecule has 5 nitrogen and oxygen atoms in total. The molecule has 0 bridgehead atoms. The Morgan fingerprint density at radius 2 is 2.28 bits per heavy atom. The highest BCUT2D eigenvalue weighted by Crippen LogP contribution is 2.28. The molecule has 0 atom stereocenters. The van der Waals surface area contributed by atoms with Crippen molar-refractivity contribution in [2.45, 2.75) is 18.4 Å². The lowest BCUT2D eigenvalue weighted by molar-refractivity contribution is 0.450. The molecule has 7 heteroatoms. The number of hydrogen-bond donors (Lipinski definition) is 1. The SMILES string of the molecule is C=CCN(CC)S(=O)(=O)c1cc(CNC)oc1Br. The second-order valence-electron chi connectivity index (χ2n) is 3.63. The Morgan fingerprint density at radius 1 is 1.61 bits per heavy atom. The molecule has 18 heavy (non-hydrogen) atoms. The summed E-state index contributed by atoms with van der Waals surface area (Å²) in [5.74, 6) is 0.567. The fraction of sp³-hybridized carbons (Fsp3) is 0.455. The average molecular weight is 337 g/mol. The smallest absolute Gasteiger partial charge is 0.247 e. The summed E-state index contributed by atoms with van der Waals surface area (Å²) < 4.78 is 31.6. The molecule has 0 aromatic carbocycles. The first-order chi connectivity index (χ1) is 8.47. The van der Waals surface area contributed by atoms with Crippen LogP contribution in [-0.4, -0.2) is 32.9 Å². The van der Waals surface area contributed by atoms with Crippen molar-refractivity contribution in [1.29, 1.82) is 0 Å². The fourth-order valence-corrected chi connectivity index (χ4v) is 3.90. The Morgan fingerprint density at radius 3 is 2.78 bits per heavy atom. The van der Waals surface area contributed by atoms with Crippen LogP contribution in [0.15, 0.2) is 32.7 Å². The molecule has 1 N–H and O–H groups in total. The van der Waals surface area contributed by atoms with Crippen LogP contribution >= 0.6 is 15.9 Å². The molecular formula is C11H17BrN2O3S. The van der Waals surface area contributed by atoms with E-state index in [4.69, 9.17) is 4.42 Å². The van der Waals surface area contributed by atoms with Crippen molar-refractivity contribution in [3.63, 3.8) is 0 Å². The molecule has 1 heterocycles. The highest BCUT2D eigenvalue weighted by molar-refractivity contribution is 9.10. The van der Waals surface area contributed by atoms with E-state index in [9.17, 15) is 8.42 Å². The Labute approximate surface area is 116 Å². The van der Waals surface area contributed by atoms with Crippen molar-refractivity contribution in [3.05, 3.63) is 29.2 Å². The Hall–Kier alpha value is -0.630. The summed E-state index contributed by atoms with van der Waals surface area (Å²) in [6.07, 6.45) is 1.56. The van der Waals surface area contributed by atoms with Gasteiger partial charge in [-0.25, -0.2) is 8.42 Å². The molecule has 0 aliphatic heterocycles. The van der Waals surface area contributed by atoms with Crippen LogP contribution in [0.2, 0.25) is 0 Å². The van der Waals surface area contributed by atoms with Gasteiger partial charge in [-0.1, -0.05) is 13.0 Å². The van der Waals surface area contributed by atoms with Crippen molar-refractivity contribution in [2.75, 3.05) is 20.1 Å². The standard InChI is InChI=1S/C11H17BrN2O3S/c1-4-6-14(5-2)18(15,16)10-7-9(8-13-3)17-11(10)12/h4,7,13H,1,5-6,8H2,2-3H3. The number of likely N-dealkylation sites (N-methyl/N-ethyl adjacent to an activating group) is 1. The van der Waals surface area contributed by atoms with E-state index in [1.807, 2.05) is 0 Å². The molecule has 1 aromatic heterocycles. The molecule has 0 fully saturated rings. The third-order valence-corrected chi connectivity index (χ3v) is 5.16. The largest absolute Gasteiger partial charge is 0.452 e. The Bertz CT molecular complexity index is 510. The van der Waals surface area contributed by atoms with E-state index in [0.717, 1.165) is 0 Å². The van der Waals surface area contributed by atoms with Crippen LogP contribution in [0.3, 0.4) is 0 Å². The summed E-state index contributed by atoms with van der Waals surface area (Å²) in [6.45, 7) is 6.47. The van der Waals surface area contributed by atoms with E-state index < -0.39 is 10.0 Å². The molecule has 1 aromatic rings. The monoisotopic (exact) mass is 336 g/mol. The fourth-order valence-electron chi connectivity index (χ4n) is 1.52. The average Bonchev–Trinajstić information content (AvgIpc) is 2.68. The summed E-state index contributed by atoms with van der Waals surface area (Å²) in [5, 5.41) is 2.91. The van der Waals surface area contributed by atoms with Crippen LogP contribution in [0, 0.1) is 0 Å². The molecule has 102 valence electrons. The zero-order valence-electron chi connectivity index (χ0n) is 10.4. The lowest BCUT2D eigenvalue weighted by atomic mass is 10.4. The number of furan rings is 1. The minimum atomic E-state index is -3.55. The number of hydrogen-bond acceptors (Lipinski definition) is 4. The van der Waals surface area contributed by atoms with E-state index in [1.165, 1.54) is 10.4 Å². The third kappa shape index (κ3) is 3.23. The van der Waals surface area contributed by atoms with Crippen LogP contribution in [0.4, 0.5) is 0 Å².